The zero-order chi connectivity index (χ0) is 23.2. The molecule has 4 rings (SSSR count). The maximum Gasteiger partial charge on any atom is 0.410 e. The number of carbonyl (C=O) groups excluding carboxylic acids is 3. The van der Waals surface area contributed by atoms with E-state index >= 15 is 0 Å². The number of amides is 3. The summed E-state index contributed by atoms with van der Waals surface area (Å²) < 4.78 is 12.8. The molecule has 0 unspecified atom stereocenters. The Bertz CT molecular complexity index is 901. The minimum absolute atomic E-state index is 0.00156. The smallest absolute Gasteiger partial charge is 0.410 e. The lowest BCUT2D eigenvalue weighted by atomic mass is 9.99. The zero-order valence-electron chi connectivity index (χ0n) is 19.5. The van der Waals surface area contributed by atoms with Crippen LogP contribution in [0.3, 0.4) is 0 Å². The minimum atomic E-state index is -0.593. The Morgan fingerprint density at radius 3 is 2.53 bits per heavy atom. The number of fused-ring (bicyclic) bond motifs is 1. The summed E-state index contributed by atoms with van der Waals surface area (Å²) in [4.78, 5) is 44.0. The van der Waals surface area contributed by atoms with Gasteiger partial charge in [-0.25, -0.2) is 4.79 Å². The lowest BCUT2D eigenvalue weighted by Gasteiger charge is -2.36. The number of anilines is 1. The van der Waals surface area contributed by atoms with E-state index in [0.717, 1.165) is 5.69 Å². The molecule has 0 aromatic carbocycles. The Labute approximate surface area is 188 Å². The Morgan fingerprint density at radius 2 is 1.88 bits per heavy atom. The maximum absolute atomic E-state index is 13.1. The molecule has 1 aromatic rings. The SMILES string of the molecule is C[C@H]1Cn2ncc(N3C(=O)C[C@H](C(=O)N4CCOCC4)[C@@H]3C)c2CN1C(=O)OC(C)(C)C. The van der Waals surface area contributed by atoms with Crippen LogP contribution in [-0.4, -0.2) is 81.5 Å². The van der Waals surface area contributed by atoms with Gasteiger partial charge in [0.05, 0.1) is 55.8 Å². The van der Waals surface area contributed by atoms with Gasteiger partial charge in [-0.2, -0.15) is 5.10 Å². The summed E-state index contributed by atoms with van der Waals surface area (Å²) in [5.41, 5.74) is 0.859. The maximum atomic E-state index is 13.1. The molecule has 3 aliphatic heterocycles. The Balaban J connectivity index is 1.55. The van der Waals surface area contributed by atoms with Gasteiger partial charge in [-0.3, -0.25) is 19.2 Å². The van der Waals surface area contributed by atoms with Crippen LogP contribution >= 0.6 is 0 Å². The van der Waals surface area contributed by atoms with Gasteiger partial charge in [0, 0.05) is 25.6 Å². The van der Waals surface area contributed by atoms with Crippen molar-refractivity contribution in [1.82, 2.24) is 19.6 Å². The predicted molar refractivity (Wildman–Crippen MR) is 116 cm³/mol. The highest BCUT2D eigenvalue weighted by Gasteiger charge is 2.45. The second kappa shape index (κ2) is 8.38. The van der Waals surface area contributed by atoms with Crippen molar-refractivity contribution in [2.45, 2.75) is 71.8 Å². The van der Waals surface area contributed by atoms with Crippen LogP contribution in [0.15, 0.2) is 6.20 Å². The largest absolute Gasteiger partial charge is 0.444 e. The van der Waals surface area contributed by atoms with E-state index in [9.17, 15) is 14.4 Å². The van der Waals surface area contributed by atoms with Crippen LogP contribution in [0.1, 0.15) is 46.7 Å². The summed E-state index contributed by atoms with van der Waals surface area (Å²) in [6.45, 7) is 12.4. The van der Waals surface area contributed by atoms with E-state index in [0.29, 0.717) is 45.1 Å². The average molecular weight is 448 g/mol. The molecule has 0 spiro atoms. The third kappa shape index (κ3) is 4.20. The highest BCUT2D eigenvalue weighted by atomic mass is 16.6. The van der Waals surface area contributed by atoms with Gasteiger partial charge in [0.1, 0.15) is 5.60 Å². The first-order valence-corrected chi connectivity index (χ1v) is 11.3. The predicted octanol–water partition coefficient (Wildman–Crippen LogP) is 1.62. The van der Waals surface area contributed by atoms with Crippen molar-refractivity contribution < 1.29 is 23.9 Å². The zero-order valence-corrected chi connectivity index (χ0v) is 19.5. The summed E-state index contributed by atoms with van der Waals surface area (Å²) in [6.07, 6.45) is 1.47. The fraction of sp³-hybridized carbons (Fsp3) is 0.727. The molecule has 32 heavy (non-hydrogen) atoms. The topological polar surface area (TPSA) is 97.2 Å². The lowest BCUT2D eigenvalue weighted by Crippen LogP contribution is -2.48. The van der Waals surface area contributed by atoms with Gasteiger partial charge >= 0.3 is 6.09 Å². The first-order valence-electron chi connectivity index (χ1n) is 11.3. The van der Waals surface area contributed by atoms with Crippen LogP contribution in [-0.2, 0) is 32.2 Å². The van der Waals surface area contributed by atoms with E-state index in [1.807, 2.05) is 39.3 Å². The number of morpholine rings is 1. The molecule has 3 aliphatic rings. The highest BCUT2D eigenvalue weighted by molar-refractivity contribution is 6.01. The van der Waals surface area contributed by atoms with E-state index in [4.69, 9.17) is 9.47 Å². The second-order valence-corrected chi connectivity index (χ2v) is 9.87. The van der Waals surface area contributed by atoms with Gasteiger partial charge in [-0.1, -0.05) is 0 Å². The van der Waals surface area contributed by atoms with Gasteiger partial charge in [-0.05, 0) is 34.6 Å². The second-order valence-electron chi connectivity index (χ2n) is 9.87. The molecule has 176 valence electrons. The lowest BCUT2D eigenvalue weighted by molar-refractivity contribution is -0.140. The van der Waals surface area contributed by atoms with E-state index in [1.54, 1.807) is 20.9 Å². The third-order valence-corrected chi connectivity index (χ3v) is 6.40. The van der Waals surface area contributed by atoms with Crippen molar-refractivity contribution in [3.63, 3.8) is 0 Å². The third-order valence-electron chi connectivity index (χ3n) is 6.40. The number of rotatable bonds is 2. The van der Waals surface area contributed by atoms with Crippen LogP contribution < -0.4 is 4.90 Å². The Hall–Kier alpha value is -2.62. The number of hydrogen-bond donors (Lipinski definition) is 0. The molecule has 0 aliphatic carbocycles. The van der Waals surface area contributed by atoms with Gasteiger partial charge in [0.2, 0.25) is 11.8 Å². The van der Waals surface area contributed by atoms with Crippen molar-refractivity contribution in [3.05, 3.63) is 11.9 Å². The van der Waals surface area contributed by atoms with Gasteiger partial charge < -0.3 is 19.3 Å². The summed E-state index contributed by atoms with van der Waals surface area (Å²) >= 11 is 0. The fourth-order valence-electron chi connectivity index (χ4n) is 4.68. The van der Waals surface area contributed by atoms with Crippen molar-refractivity contribution in [3.8, 4) is 0 Å². The fourth-order valence-corrected chi connectivity index (χ4v) is 4.68. The van der Waals surface area contributed by atoms with E-state index in [1.165, 1.54) is 0 Å². The molecule has 2 saturated heterocycles. The molecule has 10 nitrogen and oxygen atoms in total. The van der Waals surface area contributed by atoms with Crippen molar-refractivity contribution in [2.24, 2.45) is 5.92 Å². The first-order chi connectivity index (χ1) is 15.1. The van der Waals surface area contributed by atoms with Crippen molar-refractivity contribution in [1.29, 1.82) is 0 Å². The number of ether oxygens (including phenoxy) is 2. The number of hydrogen-bond acceptors (Lipinski definition) is 6. The van der Waals surface area contributed by atoms with Gasteiger partial charge in [0.15, 0.2) is 0 Å². The molecule has 3 atom stereocenters. The minimum Gasteiger partial charge on any atom is -0.444 e. The molecule has 3 amide bonds. The van der Waals surface area contributed by atoms with Gasteiger partial charge in [0.25, 0.3) is 0 Å². The summed E-state index contributed by atoms with van der Waals surface area (Å²) in [5.74, 6) is -0.496. The molecule has 0 saturated carbocycles. The molecule has 2 fully saturated rings. The van der Waals surface area contributed by atoms with E-state index in [2.05, 4.69) is 5.10 Å². The average Bonchev–Trinajstić information content (AvgIpc) is 3.25. The Kier molecular flexibility index (Phi) is 5.91. The molecule has 4 heterocycles. The van der Waals surface area contributed by atoms with Crippen molar-refractivity contribution in [2.75, 3.05) is 31.2 Å². The molecular weight excluding hydrogens is 414 g/mol. The number of carbonyl (C=O) groups is 3. The molecule has 1 aromatic heterocycles. The summed E-state index contributed by atoms with van der Waals surface area (Å²) in [6, 6.07) is -0.381. The number of aromatic nitrogens is 2. The van der Waals surface area contributed by atoms with Crippen molar-refractivity contribution >= 4 is 23.6 Å². The molecule has 0 N–H and O–H groups in total. The molecule has 10 heteroatoms. The summed E-state index contributed by atoms with van der Waals surface area (Å²) in [5, 5.41) is 4.48. The first kappa shape index (κ1) is 22.6. The van der Waals surface area contributed by atoms with Crippen LogP contribution in [0, 0.1) is 5.92 Å². The monoisotopic (exact) mass is 447 g/mol. The van der Waals surface area contributed by atoms with Crippen LogP contribution in [0.4, 0.5) is 10.5 Å². The summed E-state index contributed by atoms with van der Waals surface area (Å²) in [7, 11) is 0. The molecule has 0 bridgehead atoms. The highest BCUT2D eigenvalue weighted by Crippen LogP contribution is 2.36. The van der Waals surface area contributed by atoms with Gasteiger partial charge in [-0.15, -0.1) is 0 Å². The quantitative estimate of drug-likeness (QED) is 0.684. The van der Waals surface area contributed by atoms with E-state index < -0.39 is 11.5 Å². The number of nitrogens with zero attached hydrogens (tertiary/aromatic N) is 5. The normalized spacial score (nSPS) is 26.3. The molecular formula is C22H33N5O5. The Morgan fingerprint density at radius 1 is 1.19 bits per heavy atom. The van der Waals surface area contributed by atoms with Crippen LogP contribution in [0.5, 0.6) is 0 Å². The standard InChI is InChI=1S/C22H33N5O5/c1-14-12-26-18(13-25(14)21(30)32-22(3,4)5)17(11-23-26)27-15(2)16(10-19(27)28)20(29)24-6-8-31-9-7-24/h11,14-16H,6-10,12-13H2,1-5H3/t14-,15-,16-/m0/s1. The van der Waals surface area contributed by atoms with E-state index in [-0.39, 0.29) is 36.4 Å². The molecule has 0 radical (unpaired) electrons. The van der Waals surface area contributed by atoms with Crippen LogP contribution in [0.2, 0.25) is 0 Å². The van der Waals surface area contributed by atoms with Crippen LogP contribution in [0.25, 0.3) is 0 Å².